The van der Waals surface area contributed by atoms with Crippen molar-refractivity contribution in [1.82, 2.24) is 10.2 Å². The first-order valence-electron chi connectivity index (χ1n) is 7.27. The molecule has 1 N–H and O–H groups in total. The van der Waals surface area contributed by atoms with E-state index in [4.69, 9.17) is 11.6 Å². The molecule has 8 heteroatoms. The molecule has 0 radical (unpaired) electrons. The van der Waals surface area contributed by atoms with E-state index in [1.165, 1.54) is 30.3 Å². The number of urea groups is 1. The summed E-state index contributed by atoms with van der Waals surface area (Å²) in [6.45, 7) is 0.124. The summed E-state index contributed by atoms with van der Waals surface area (Å²) in [5, 5.41) is 13.7. The number of carbonyl (C=O) groups is 2. The Morgan fingerprint density at radius 3 is 2.32 bits per heavy atom. The quantitative estimate of drug-likeness (QED) is 0.393. The van der Waals surface area contributed by atoms with E-state index in [-0.39, 0.29) is 17.9 Å². The van der Waals surface area contributed by atoms with E-state index in [0.717, 1.165) is 10.5 Å². The summed E-state index contributed by atoms with van der Waals surface area (Å²) in [7, 11) is 0. The van der Waals surface area contributed by atoms with Gasteiger partial charge in [-0.3, -0.25) is 19.8 Å². The van der Waals surface area contributed by atoms with Crippen molar-refractivity contribution in [3.63, 3.8) is 0 Å². The van der Waals surface area contributed by atoms with E-state index in [0.29, 0.717) is 10.6 Å². The van der Waals surface area contributed by atoms with Crippen LogP contribution in [0.1, 0.15) is 11.1 Å². The first-order chi connectivity index (χ1) is 11.9. The molecule has 0 atom stereocenters. The van der Waals surface area contributed by atoms with Gasteiger partial charge < -0.3 is 5.32 Å². The topological polar surface area (TPSA) is 92.5 Å². The number of rotatable bonds is 4. The molecule has 0 aromatic heterocycles. The van der Waals surface area contributed by atoms with Gasteiger partial charge >= 0.3 is 6.03 Å². The molecule has 1 fully saturated rings. The molecule has 0 spiro atoms. The Labute approximate surface area is 147 Å². The van der Waals surface area contributed by atoms with Gasteiger partial charge in [-0.2, -0.15) is 0 Å². The van der Waals surface area contributed by atoms with Crippen LogP contribution in [0.4, 0.5) is 10.5 Å². The SMILES string of the molecule is O=C1N/C(=C\c2ccc([N+](=O)[O-])cc2)C(=O)N1Cc1ccc(Cl)cc1. The lowest BCUT2D eigenvalue weighted by Crippen LogP contribution is -2.30. The number of halogens is 1. The van der Waals surface area contributed by atoms with Crippen LogP contribution in [-0.4, -0.2) is 21.8 Å². The van der Waals surface area contributed by atoms with Crippen molar-refractivity contribution in [2.24, 2.45) is 0 Å². The number of nitro benzene ring substituents is 1. The van der Waals surface area contributed by atoms with E-state index in [1.807, 2.05) is 0 Å². The standard InChI is InChI=1S/C17H12ClN3O4/c18-13-5-1-12(2-6-13)10-20-16(22)15(19-17(20)23)9-11-3-7-14(8-4-11)21(24)25/h1-9H,10H2,(H,19,23)/b15-9-. The minimum absolute atomic E-state index is 0.0479. The zero-order chi connectivity index (χ0) is 18.0. The van der Waals surface area contributed by atoms with Crippen LogP contribution in [0.25, 0.3) is 6.08 Å². The number of hydrogen-bond acceptors (Lipinski definition) is 4. The number of hydrogen-bond donors (Lipinski definition) is 1. The van der Waals surface area contributed by atoms with Crippen molar-refractivity contribution in [2.75, 3.05) is 0 Å². The summed E-state index contributed by atoms with van der Waals surface area (Å²) >= 11 is 5.82. The number of nitrogens with zero attached hydrogens (tertiary/aromatic N) is 2. The summed E-state index contributed by atoms with van der Waals surface area (Å²) in [5.41, 5.74) is 1.41. The zero-order valence-corrected chi connectivity index (χ0v) is 13.6. The molecule has 0 aliphatic carbocycles. The van der Waals surface area contributed by atoms with E-state index in [2.05, 4.69) is 5.32 Å². The molecule has 2 aromatic carbocycles. The van der Waals surface area contributed by atoms with Gasteiger partial charge in [0.15, 0.2) is 0 Å². The van der Waals surface area contributed by atoms with Crippen molar-refractivity contribution in [1.29, 1.82) is 0 Å². The van der Waals surface area contributed by atoms with Crippen LogP contribution in [0, 0.1) is 10.1 Å². The zero-order valence-electron chi connectivity index (χ0n) is 12.8. The molecule has 1 saturated heterocycles. The first kappa shape index (κ1) is 16.7. The van der Waals surface area contributed by atoms with Gasteiger partial charge in [-0.15, -0.1) is 0 Å². The Balaban J connectivity index is 1.78. The highest BCUT2D eigenvalue weighted by Gasteiger charge is 2.33. The minimum Gasteiger partial charge on any atom is -0.303 e. The summed E-state index contributed by atoms with van der Waals surface area (Å²) < 4.78 is 0. The van der Waals surface area contributed by atoms with Gasteiger partial charge in [-0.05, 0) is 41.5 Å². The highest BCUT2D eigenvalue weighted by atomic mass is 35.5. The van der Waals surface area contributed by atoms with Crippen LogP contribution in [0.2, 0.25) is 5.02 Å². The highest BCUT2D eigenvalue weighted by Crippen LogP contribution is 2.19. The van der Waals surface area contributed by atoms with Gasteiger partial charge in [-0.1, -0.05) is 23.7 Å². The van der Waals surface area contributed by atoms with E-state index >= 15 is 0 Å². The van der Waals surface area contributed by atoms with E-state index in [1.54, 1.807) is 24.3 Å². The molecular formula is C17H12ClN3O4. The second-order valence-electron chi connectivity index (χ2n) is 5.35. The maximum Gasteiger partial charge on any atom is 0.329 e. The maximum absolute atomic E-state index is 12.4. The van der Waals surface area contributed by atoms with E-state index in [9.17, 15) is 19.7 Å². The Bertz CT molecular complexity index is 876. The molecule has 3 amide bonds. The molecule has 126 valence electrons. The van der Waals surface area contributed by atoms with Crippen LogP contribution in [0.3, 0.4) is 0 Å². The first-order valence-corrected chi connectivity index (χ1v) is 7.65. The van der Waals surface area contributed by atoms with Crippen molar-refractivity contribution < 1.29 is 14.5 Å². The number of non-ortho nitro benzene ring substituents is 1. The summed E-state index contributed by atoms with van der Waals surface area (Å²) in [6.07, 6.45) is 1.48. The van der Waals surface area contributed by atoms with Crippen molar-refractivity contribution in [3.05, 3.63) is 80.5 Å². The molecule has 1 aliphatic rings. The van der Waals surface area contributed by atoms with Gasteiger partial charge in [0.25, 0.3) is 11.6 Å². The fourth-order valence-electron chi connectivity index (χ4n) is 2.35. The van der Waals surface area contributed by atoms with Gasteiger partial charge in [0.1, 0.15) is 5.70 Å². The average Bonchev–Trinajstić information content (AvgIpc) is 2.85. The fourth-order valence-corrected chi connectivity index (χ4v) is 2.47. The largest absolute Gasteiger partial charge is 0.329 e. The third-order valence-electron chi connectivity index (χ3n) is 3.63. The molecule has 7 nitrogen and oxygen atoms in total. The molecule has 25 heavy (non-hydrogen) atoms. The monoisotopic (exact) mass is 357 g/mol. The summed E-state index contributed by atoms with van der Waals surface area (Å²) in [4.78, 5) is 35.7. The minimum atomic E-state index is -0.520. The number of nitro groups is 1. The Kier molecular flexibility index (Phi) is 4.49. The Hall–Kier alpha value is -3.19. The number of amides is 3. The smallest absolute Gasteiger partial charge is 0.303 e. The number of imide groups is 1. The summed E-state index contributed by atoms with van der Waals surface area (Å²) in [6, 6.07) is 12.0. The molecule has 1 aliphatic heterocycles. The van der Waals surface area contributed by atoms with Crippen LogP contribution in [-0.2, 0) is 11.3 Å². The second-order valence-corrected chi connectivity index (χ2v) is 5.79. The van der Waals surface area contributed by atoms with Crippen molar-refractivity contribution in [3.8, 4) is 0 Å². The number of benzene rings is 2. The predicted molar refractivity (Wildman–Crippen MR) is 91.6 cm³/mol. The third-order valence-corrected chi connectivity index (χ3v) is 3.88. The van der Waals surface area contributed by atoms with Crippen molar-refractivity contribution in [2.45, 2.75) is 6.54 Å². The fraction of sp³-hybridized carbons (Fsp3) is 0.0588. The molecule has 0 unspecified atom stereocenters. The van der Waals surface area contributed by atoms with Gasteiger partial charge in [0.2, 0.25) is 0 Å². The van der Waals surface area contributed by atoms with Crippen LogP contribution in [0.15, 0.2) is 54.2 Å². The Morgan fingerprint density at radius 2 is 1.72 bits per heavy atom. The van der Waals surface area contributed by atoms with Gasteiger partial charge in [0.05, 0.1) is 11.5 Å². The molecule has 3 rings (SSSR count). The van der Waals surface area contributed by atoms with Crippen LogP contribution < -0.4 is 5.32 Å². The molecule has 2 aromatic rings. The highest BCUT2D eigenvalue weighted by molar-refractivity contribution is 6.30. The van der Waals surface area contributed by atoms with Gasteiger partial charge in [0, 0.05) is 17.2 Å². The van der Waals surface area contributed by atoms with E-state index < -0.39 is 16.9 Å². The lowest BCUT2D eigenvalue weighted by atomic mass is 10.1. The number of carbonyl (C=O) groups excluding carboxylic acids is 2. The lowest BCUT2D eigenvalue weighted by Gasteiger charge is -2.11. The van der Waals surface area contributed by atoms with Gasteiger partial charge in [-0.25, -0.2) is 4.79 Å². The molecular weight excluding hydrogens is 346 g/mol. The van der Waals surface area contributed by atoms with Crippen LogP contribution in [0.5, 0.6) is 0 Å². The lowest BCUT2D eigenvalue weighted by molar-refractivity contribution is -0.384. The summed E-state index contributed by atoms with van der Waals surface area (Å²) in [5.74, 6) is -0.460. The average molecular weight is 358 g/mol. The maximum atomic E-state index is 12.4. The molecule has 1 heterocycles. The number of nitrogens with one attached hydrogen (secondary N) is 1. The predicted octanol–water partition coefficient (Wildman–Crippen LogP) is 3.34. The van der Waals surface area contributed by atoms with Crippen molar-refractivity contribution >= 4 is 35.3 Å². The Morgan fingerprint density at radius 1 is 1.08 bits per heavy atom. The normalized spacial score (nSPS) is 15.6. The third kappa shape index (κ3) is 3.67. The molecule has 0 bridgehead atoms. The second kappa shape index (κ2) is 6.74. The van der Waals surface area contributed by atoms with Crippen LogP contribution >= 0.6 is 11.6 Å². The molecule has 0 saturated carbocycles.